The van der Waals surface area contributed by atoms with Crippen molar-refractivity contribution in [2.75, 3.05) is 38.1 Å². The summed E-state index contributed by atoms with van der Waals surface area (Å²) >= 11 is 18.2. The van der Waals surface area contributed by atoms with Crippen LogP contribution in [0.2, 0.25) is 10.0 Å². The highest BCUT2D eigenvalue weighted by Gasteiger charge is 2.42. The van der Waals surface area contributed by atoms with E-state index in [0.717, 1.165) is 18.0 Å². The molecule has 23 heavy (non-hydrogen) atoms. The van der Waals surface area contributed by atoms with Crippen molar-refractivity contribution in [3.63, 3.8) is 0 Å². The second-order valence-corrected chi connectivity index (χ2v) is 6.87. The van der Waals surface area contributed by atoms with Gasteiger partial charge in [-0.05, 0) is 18.2 Å². The summed E-state index contributed by atoms with van der Waals surface area (Å²) in [7, 11) is 2.09. The molecule has 1 aromatic carbocycles. The van der Waals surface area contributed by atoms with Gasteiger partial charge in [-0.2, -0.15) is 0 Å². The number of imide groups is 1. The minimum atomic E-state index is -0.554. The van der Waals surface area contributed by atoms with Gasteiger partial charge in [-0.1, -0.05) is 34.8 Å². The SMILES string of the molecule is C[NH+]1CCN(C2=C(Cl)C(=O)N(c3ccc(Cl)cc3Cl)C2=O)CC1. The maximum absolute atomic E-state index is 12.8. The number of nitrogens with zero attached hydrogens (tertiary/aromatic N) is 2. The maximum atomic E-state index is 12.8. The van der Waals surface area contributed by atoms with E-state index in [1.165, 1.54) is 11.0 Å². The van der Waals surface area contributed by atoms with Crippen molar-refractivity contribution in [3.8, 4) is 0 Å². The Labute approximate surface area is 149 Å². The molecule has 0 atom stereocenters. The summed E-state index contributed by atoms with van der Waals surface area (Å²) in [5.74, 6) is -0.995. The van der Waals surface area contributed by atoms with Crippen LogP contribution in [0.15, 0.2) is 28.9 Å². The molecule has 0 aromatic heterocycles. The van der Waals surface area contributed by atoms with Crippen molar-refractivity contribution in [3.05, 3.63) is 39.0 Å². The molecule has 0 radical (unpaired) electrons. The third-order valence-electron chi connectivity index (χ3n) is 4.09. The molecule has 0 bridgehead atoms. The van der Waals surface area contributed by atoms with Gasteiger partial charge in [-0.25, -0.2) is 4.90 Å². The molecule has 1 N–H and O–H groups in total. The zero-order valence-electron chi connectivity index (χ0n) is 12.4. The van der Waals surface area contributed by atoms with Crippen molar-refractivity contribution in [2.24, 2.45) is 0 Å². The minimum absolute atomic E-state index is 0.0550. The lowest BCUT2D eigenvalue weighted by Gasteiger charge is -2.32. The third-order valence-corrected chi connectivity index (χ3v) is 4.97. The van der Waals surface area contributed by atoms with E-state index in [1.54, 1.807) is 12.1 Å². The molecule has 122 valence electrons. The summed E-state index contributed by atoms with van der Waals surface area (Å²) in [5.41, 5.74) is 0.550. The molecule has 0 unspecified atom stereocenters. The number of benzene rings is 1. The number of piperazine rings is 1. The summed E-state index contributed by atoms with van der Waals surface area (Å²) in [6.45, 7) is 3.13. The van der Waals surface area contributed by atoms with Crippen LogP contribution in [0.4, 0.5) is 5.69 Å². The summed E-state index contributed by atoms with van der Waals surface area (Å²) in [4.78, 5) is 29.5. The van der Waals surface area contributed by atoms with E-state index in [4.69, 9.17) is 34.8 Å². The lowest BCUT2D eigenvalue weighted by molar-refractivity contribution is -0.883. The Bertz CT molecular complexity index is 712. The number of anilines is 1. The molecular formula is C15H15Cl3N3O2+. The van der Waals surface area contributed by atoms with Crippen LogP contribution >= 0.6 is 34.8 Å². The van der Waals surface area contributed by atoms with Crippen molar-refractivity contribution in [2.45, 2.75) is 0 Å². The molecule has 2 amide bonds. The second-order valence-electron chi connectivity index (χ2n) is 5.65. The van der Waals surface area contributed by atoms with Gasteiger partial charge in [0.15, 0.2) is 0 Å². The largest absolute Gasteiger partial charge is 0.354 e. The van der Waals surface area contributed by atoms with Gasteiger partial charge in [0.1, 0.15) is 10.7 Å². The number of nitrogens with one attached hydrogen (secondary N) is 1. The monoisotopic (exact) mass is 374 g/mol. The average molecular weight is 376 g/mol. The summed E-state index contributed by atoms with van der Waals surface area (Å²) in [5, 5.41) is 0.604. The molecule has 1 saturated heterocycles. The van der Waals surface area contributed by atoms with E-state index in [0.29, 0.717) is 23.8 Å². The van der Waals surface area contributed by atoms with Gasteiger partial charge in [0, 0.05) is 5.02 Å². The molecule has 0 aliphatic carbocycles. The first kappa shape index (κ1) is 16.6. The Kier molecular flexibility index (Phi) is 4.56. The number of amides is 2. The third kappa shape index (κ3) is 2.94. The summed E-state index contributed by atoms with van der Waals surface area (Å²) in [6.07, 6.45) is 0. The van der Waals surface area contributed by atoms with Gasteiger partial charge in [-0.3, -0.25) is 9.59 Å². The number of hydrogen-bond donors (Lipinski definition) is 1. The van der Waals surface area contributed by atoms with Crippen molar-refractivity contribution < 1.29 is 14.5 Å². The van der Waals surface area contributed by atoms with Crippen molar-refractivity contribution >= 4 is 52.3 Å². The normalized spacial score (nSPS) is 20.0. The predicted molar refractivity (Wildman–Crippen MR) is 90.0 cm³/mol. The summed E-state index contributed by atoms with van der Waals surface area (Å²) in [6, 6.07) is 4.61. The second kappa shape index (κ2) is 6.32. The minimum Gasteiger partial charge on any atom is -0.354 e. The first-order valence-corrected chi connectivity index (χ1v) is 8.33. The Balaban J connectivity index is 1.93. The molecule has 0 spiro atoms. The molecule has 2 aliphatic rings. The Morgan fingerprint density at radius 3 is 2.30 bits per heavy atom. The van der Waals surface area contributed by atoms with Gasteiger partial charge in [0.2, 0.25) is 0 Å². The van der Waals surface area contributed by atoms with Crippen LogP contribution < -0.4 is 9.80 Å². The van der Waals surface area contributed by atoms with Crippen LogP contribution in [0, 0.1) is 0 Å². The number of quaternary nitrogens is 1. The summed E-state index contributed by atoms with van der Waals surface area (Å²) < 4.78 is 0. The first-order valence-electron chi connectivity index (χ1n) is 7.20. The topological polar surface area (TPSA) is 45.1 Å². The number of likely N-dealkylation sites (N-methyl/N-ethyl adjacent to an activating group) is 1. The van der Waals surface area contributed by atoms with E-state index in [2.05, 4.69) is 7.05 Å². The van der Waals surface area contributed by atoms with Crippen LogP contribution in [0.25, 0.3) is 0 Å². The maximum Gasteiger partial charge on any atom is 0.283 e. The fraction of sp³-hybridized carbons (Fsp3) is 0.333. The van der Waals surface area contributed by atoms with Gasteiger partial charge in [0.25, 0.3) is 11.8 Å². The van der Waals surface area contributed by atoms with Gasteiger partial charge >= 0.3 is 0 Å². The standard InChI is InChI=1S/C15H14Cl3N3O2/c1-19-4-6-20(7-5-19)13-12(18)14(22)21(15(13)23)11-3-2-9(16)8-10(11)17/h2-3,8H,4-7H2,1H3/p+1. The molecule has 8 heteroatoms. The van der Waals surface area contributed by atoms with Crippen molar-refractivity contribution in [1.82, 2.24) is 4.90 Å². The highest BCUT2D eigenvalue weighted by molar-refractivity contribution is 6.53. The van der Waals surface area contributed by atoms with E-state index in [-0.39, 0.29) is 15.8 Å². The molecule has 2 aliphatic heterocycles. The van der Waals surface area contributed by atoms with Crippen LogP contribution in [-0.2, 0) is 9.59 Å². The zero-order chi connectivity index (χ0) is 16.7. The smallest absolute Gasteiger partial charge is 0.283 e. The molecule has 1 fully saturated rings. The Morgan fingerprint density at radius 2 is 1.70 bits per heavy atom. The Hall–Kier alpha value is -1.27. The van der Waals surface area contributed by atoms with Gasteiger partial charge in [0.05, 0.1) is 43.9 Å². The number of carbonyl (C=O) groups is 2. The first-order chi connectivity index (χ1) is 10.9. The predicted octanol–water partition coefficient (Wildman–Crippen LogP) is 1.15. The van der Waals surface area contributed by atoms with E-state index in [9.17, 15) is 9.59 Å². The van der Waals surface area contributed by atoms with Crippen LogP contribution in [0.5, 0.6) is 0 Å². The quantitative estimate of drug-likeness (QED) is 0.789. The van der Waals surface area contributed by atoms with Crippen LogP contribution in [0.1, 0.15) is 0 Å². The highest BCUT2D eigenvalue weighted by atomic mass is 35.5. The van der Waals surface area contributed by atoms with Gasteiger partial charge in [-0.15, -0.1) is 0 Å². The fourth-order valence-electron chi connectivity index (χ4n) is 2.76. The number of hydrogen-bond acceptors (Lipinski definition) is 3. The fourth-order valence-corrected chi connectivity index (χ4v) is 3.54. The molecule has 5 nitrogen and oxygen atoms in total. The van der Waals surface area contributed by atoms with E-state index >= 15 is 0 Å². The average Bonchev–Trinajstić information content (AvgIpc) is 2.72. The zero-order valence-corrected chi connectivity index (χ0v) is 14.7. The number of halogens is 3. The molecule has 0 saturated carbocycles. The van der Waals surface area contributed by atoms with Crippen molar-refractivity contribution in [1.29, 1.82) is 0 Å². The lowest BCUT2D eigenvalue weighted by Crippen LogP contribution is -3.11. The molecular weight excluding hydrogens is 361 g/mol. The lowest BCUT2D eigenvalue weighted by atomic mass is 10.2. The van der Waals surface area contributed by atoms with Gasteiger partial charge < -0.3 is 9.80 Å². The molecule has 2 heterocycles. The number of carbonyl (C=O) groups excluding carboxylic acids is 2. The van der Waals surface area contributed by atoms with E-state index < -0.39 is 11.8 Å². The highest BCUT2D eigenvalue weighted by Crippen LogP contribution is 2.36. The Morgan fingerprint density at radius 1 is 1.04 bits per heavy atom. The van der Waals surface area contributed by atoms with Crippen LogP contribution in [0.3, 0.4) is 0 Å². The van der Waals surface area contributed by atoms with Crippen LogP contribution in [-0.4, -0.2) is 49.9 Å². The van der Waals surface area contributed by atoms with E-state index in [1.807, 2.05) is 4.90 Å². The number of rotatable bonds is 2. The molecule has 3 rings (SSSR count). The molecule has 1 aromatic rings.